The fourth-order valence-electron chi connectivity index (χ4n) is 2.40. The Balaban J connectivity index is 2.44. The summed E-state index contributed by atoms with van der Waals surface area (Å²) < 4.78 is 16.0. The first-order valence-electron chi connectivity index (χ1n) is 7.21. The third-order valence-corrected chi connectivity index (χ3v) is 3.67. The molecule has 1 amide bonds. The lowest BCUT2D eigenvalue weighted by Crippen LogP contribution is -2.51. The van der Waals surface area contributed by atoms with Crippen molar-refractivity contribution in [3.63, 3.8) is 0 Å². The first kappa shape index (κ1) is 17.2. The van der Waals surface area contributed by atoms with Gasteiger partial charge in [-0.2, -0.15) is 0 Å². The molecule has 1 aliphatic heterocycles. The van der Waals surface area contributed by atoms with Crippen LogP contribution in [-0.2, 0) is 14.3 Å². The van der Waals surface area contributed by atoms with E-state index in [4.69, 9.17) is 14.2 Å². The quantitative estimate of drug-likeness (QED) is 0.451. The largest absolute Gasteiger partial charge is 0.478 e. The van der Waals surface area contributed by atoms with E-state index in [9.17, 15) is 14.9 Å². The molecular formula is C15H20N2O6. The minimum Gasteiger partial charge on any atom is -0.478 e. The molecule has 8 nitrogen and oxygen atoms in total. The highest BCUT2D eigenvalue weighted by molar-refractivity contribution is 6.00. The number of fused-ring (bicyclic) bond motifs is 1. The van der Waals surface area contributed by atoms with Crippen molar-refractivity contribution in [2.24, 2.45) is 5.92 Å². The van der Waals surface area contributed by atoms with Crippen molar-refractivity contribution in [3.05, 3.63) is 28.3 Å². The van der Waals surface area contributed by atoms with Gasteiger partial charge in [0, 0.05) is 20.3 Å². The number of nitro groups is 1. The Kier molecular flexibility index (Phi) is 5.17. The zero-order valence-corrected chi connectivity index (χ0v) is 13.5. The Hall–Kier alpha value is -2.19. The second-order valence-corrected chi connectivity index (χ2v) is 5.54. The summed E-state index contributed by atoms with van der Waals surface area (Å²) in [7, 11) is 2.96. The van der Waals surface area contributed by atoms with Crippen LogP contribution in [0.15, 0.2) is 18.2 Å². The monoisotopic (exact) mass is 324 g/mol. The molecule has 0 aromatic heterocycles. The number of carbonyl (C=O) groups is 1. The second kappa shape index (κ2) is 6.93. The Labute approximate surface area is 134 Å². The Morgan fingerprint density at radius 3 is 2.52 bits per heavy atom. The number of rotatable bonds is 6. The fraction of sp³-hybridized carbons (Fsp3) is 0.533. The summed E-state index contributed by atoms with van der Waals surface area (Å²) in [6.45, 7) is 3.88. The Morgan fingerprint density at radius 1 is 1.35 bits per heavy atom. The van der Waals surface area contributed by atoms with Crippen LogP contribution in [0.2, 0.25) is 0 Å². The van der Waals surface area contributed by atoms with E-state index in [1.807, 2.05) is 13.8 Å². The molecule has 2 rings (SSSR count). The van der Waals surface area contributed by atoms with Crippen LogP contribution in [0.1, 0.15) is 13.8 Å². The van der Waals surface area contributed by atoms with E-state index >= 15 is 0 Å². The smallest absolute Gasteiger partial charge is 0.273 e. The van der Waals surface area contributed by atoms with Gasteiger partial charge >= 0.3 is 0 Å². The van der Waals surface area contributed by atoms with Crippen LogP contribution in [0.5, 0.6) is 5.75 Å². The van der Waals surface area contributed by atoms with Crippen LogP contribution in [0.3, 0.4) is 0 Å². The number of nitro benzene ring substituents is 1. The maximum atomic E-state index is 12.7. The number of nitrogens with zero attached hydrogens (tertiary/aromatic N) is 2. The topological polar surface area (TPSA) is 91.1 Å². The highest BCUT2D eigenvalue weighted by Crippen LogP contribution is 2.38. The third-order valence-electron chi connectivity index (χ3n) is 3.67. The van der Waals surface area contributed by atoms with E-state index in [1.54, 1.807) is 0 Å². The number of anilines is 1. The van der Waals surface area contributed by atoms with Crippen molar-refractivity contribution in [1.82, 2.24) is 0 Å². The summed E-state index contributed by atoms with van der Waals surface area (Å²) in [5.41, 5.74) is 0.382. The molecule has 0 fully saturated rings. The zero-order chi connectivity index (χ0) is 17.1. The number of ether oxygens (including phenoxy) is 3. The number of carbonyl (C=O) groups excluding carboxylic acids is 1. The van der Waals surface area contributed by atoms with Gasteiger partial charge in [-0.3, -0.25) is 14.9 Å². The molecule has 23 heavy (non-hydrogen) atoms. The molecule has 1 heterocycles. The molecule has 1 aromatic rings. The van der Waals surface area contributed by atoms with Crippen LogP contribution in [0.4, 0.5) is 11.4 Å². The van der Waals surface area contributed by atoms with E-state index in [1.165, 1.54) is 37.3 Å². The molecule has 0 radical (unpaired) electrons. The van der Waals surface area contributed by atoms with Gasteiger partial charge in [-0.1, -0.05) is 13.8 Å². The number of amides is 1. The van der Waals surface area contributed by atoms with Crippen LogP contribution in [0, 0.1) is 16.0 Å². The predicted octanol–water partition coefficient (Wildman–Crippen LogP) is 1.96. The molecule has 126 valence electrons. The third kappa shape index (κ3) is 3.43. The summed E-state index contributed by atoms with van der Waals surface area (Å²) >= 11 is 0. The first-order chi connectivity index (χ1) is 10.9. The second-order valence-electron chi connectivity index (χ2n) is 5.54. The van der Waals surface area contributed by atoms with Gasteiger partial charge in [0.25, 0.3) is 11.6 Å². The average Bonchev–Trinajstić information content (AvgIpc) is 2.52. The van der Waals surface area contributed by atoms with Crippen LogP contribution >= 0.6 is 0 Å². The Bertz CT molecular complexity index is 600. The normalized spacial score (nSPS) is 17.4. The van der Waals surface area contributed by atoms with Gasteiger partial charge in [-0.05, 0) is 12.0 Å². The van der Waals surface area contributed by atoms with Crippen molar-refractivity contribution < 1.29 is 23.9 Å². The lowest BCUT2D eigenvalue weighted by atomic mass is 10.0. The van der Waals surface area contributed by atoms with Crippen molar-refractivity contribution in [2.75, 3.05) is 25.7 Å². The number of non-ortho nitro benzene ring substituents is 1. The molecule has 0 spiro atoms. The number of benzene rings is 1. The van der Waals surface area contributed by atoms with Crippen molar-refractivity contribution in [2.45, 2.75) is 26.2 Å². The molecule has 1 atom stereocenters. The number of methoxy groups -OCH3 is 2. The molecule has 0 saturated carbocycles. The summed E-state index contributed by atoms with van der Waals surface area (Å²) in [6.07, 6.45) is -1.31. The van der Waals surface area contributed by atoms with Gasteiger partial charge in [-0.15, -0.1) is 0 Å². The zero-order valence-electron chi connectivity index (χ0n) is 13.5. The summed E-state index contributed by atoms with van der Waals surface area (Å²) in [6, 6.07) is 4.18. The molecule has 1 unspecified atom stereocenters. The summed E-state index contributed by atoms with van der Waals surface area (Å²) in [4.78, 5) is 24.6. The minimum atomic E-state index is -0.709. The standard InChI is InChI=1S/C15H20N2O6/c1-9(2)14-15(18)16(8-13(21-3)22-4)11-6-5-10(17(19)20)7-12(11)23-14/h5-7,9,13-14H,8H2,1-4H3. The van der Waals surface area contributed by atoms with Gasteiger partial charge in [-0.25, -0.2) is 0 Å². The van der Waals surface area contributed by atoms with Crippen LogP contribution < -0.4 is 9.64 Å². The lowest BCUT2D eigenvalue weighted by molar-refractivity contribution is -0.384. The van der Waals surface area contributed by atoms with Gasteiger partial charge in [0.2, 0.25) is 0 Å². The molecule has 0 bridgehead atoms. The molecule has 8 heteroatoms. The molecular weight excluding hydrogens is 304 g/mol. The molecule has 1 aromatic carbocycles. The van der Waals surface area contributed by atoms with Crippen LogP contribution in [0.25, 0.3) is 0 Å². The molecule has 0 N–H and O–H groups in total. The highest BCUT2D eigenvalue weighted by atomic mass is 16.7. The molecule has 0 saturated heterocycles. The van der Waals surface area contributed by atoms with Gasteiger partial charge in [0.05, 0.1) is 23.2 Å². The highest BCUT2D eigenvalue weighted by Gasteiger charge is 2.38. The molecule has 0 aliphatic carbocycles. The van der Waals surface area contributed by atoms with Crippen molar-refractivity contribution >= 4 is 17.3 Å². The van der Waals surface area contributed by atoms with Gasteiger partial charge in [0.15, 0.2) is 18.1 Å². The molecule has 1 aliphatic rings. The van der Waals surface area contributed by atoms with Gasteiger partial charge < -0.3 is 19.1 Å². The maximum absolute atomic E-state index is 12.7. The minimum absolute atomic E-state index is 0.0825. The maximum Gasteiger partial charge on any atom is 0.273 e. The first-order valence-corrected chi connectivity index (χ1v) is 7.21. The van der Waals surface area contributed by atoms with E-state index in [0.29, 0.717) is 11.4 Å². The van der Waals surface area contributed by atoms with Gasteiger partial charge in [0.1, 0.15) is 0 Å². The van der Waals surface area contributed by atoms with E-state index in [0.717, 1.165) is 0 Å². The number of hydrogen-bond acceptors (Lipinski definition) is 6. The number of hydrogen-bond donors (Lipinski definition) is 0. The Morgan fingerprint density at radius 2 is 2.00 bits per heavy atom. The van der Waals surface area contributed by atoms with E-state index in [-0.39, 0.29) is 24.1 Å². The van der Waals surface area contributed by atoms with Crippen molar-refractivity contribution in [3.8, 4) is 5.75 Å². The summed E-state index contributed by atoms with van der Waals surface area (Å²) in [5.74, 6) is 0.00450. The fourth-order valence-corrected chi connectivity index (χ4v) is 2.40. The summed E-state index contributed by atoms with van der Waals surface area (Å²) in [5, 5.41) is 10.9. The average molecular weight is 324 g/mol. The lowest BCUT2D eigenvalue weighted by Gasteiger charge is -2.36. The predicted molar refractivity (Wildman–Crippen MR) is 82.5 cm³/mol. The SMILES string of the molecule is COC(CN1C(=O)C(C(C)C)Oc2cc([N+](=O)[O-])ccc21)OC. The van der Waals surface area contributed by atoms with Crippen LogP contribution in [-0.4, -0.2) is 44.0 Å². The van der Waals surface area contributed by atoms with E-state index < -0.39 is 17.3 Å². The van der Waals surface area contributed by atoms with Crippen molar-refractivity contribution in [1.29, 1.82) is 0 Å². The van der Waals surface area contributed by atoms with E-state index in [2.05, 4.69) is 0 Å².